The van der Waals surface area contributed by atoms with Crippen molar-refractivity contribution >= 4 is 27.8 Å². The number of hydrogen-bond acceptors (Lipinski definition) is 6. The Bertz CT molecular complexity index is 1870. The number of fused-ring (bicyclic) bond motifs is 4. The molecule has 37 heavy (non-hydrogen) atoms. The molecule has 0 spiro atoms. The lowest BCUT2D eigenvalue weighted by Gasteiger charge is -2.25. The van der Waals surface area contributed by atoms with Crippen molar-refractivity contribution in [2.24, 2.45) is 7.05 Å². The van der Waals surface area contributed by atoms with Gasteiger partial charge in [-0.15, -0.1) is 0 Å². The molecule has 1 aliphatic rings. The third-order valence-corrected chi connectivity index (χ3v) is 6.88. The molecule has 3 heterocycles. The number of halogens is 1. The molecule has 1 unspecified atom stereocenters. The lowest BCUT2D eigenvalue weighted by Crippen LogP contribution is -2.29. The predicted molar refractivity (Wildman–Crippen MR) is 136 cm³/mol. The van der Waals surface area contributed by atoms with E-state index in [9.17, 15) is 18.8 Å². The van der Waals surface area contributed by atoms with Gasteiger partial charge in [-0.2, -0.15) is 0 Å². The molecule has 0 amide bonds. The Balaban J connectivity index is 1.60. The van der Waals surface area contributed by atoms with Crippen molar-refractivity contribution in [1.29, 1.82) is 0 Å². The number of benzene rings is 3. The first kappa shape index (κ1) is 22.7. The minimum absolute atomic E-state index is 0.0745. The van der Waals surface area contributed by atoms with Gasteiger partial charge in [0, 0.05) is 35.7 Å². The van der Waals surface area contributed by atoms with Gasteiger partial charge in [0.2, 0.25) is 5.43 Å². The maximum atomic E-state index is 14.4. The summed E-state index contributed by atoms with van der Waals surface area (Å²) in [6.45, 7) is 0. The molecular weight excluding hydrogens is 477 g/mol. The molecule has 0 saturated carbocycles. The van der Waals surface area contributed by atoms with E-state index in [1.54, 1.807) is 38.4 Å². The van der Waals surface area contributed by atoms with Gasteiger partial charge in [-0.05, 0) is 41.8 Å². The van der Waals surface area contributed by atoms with E-state index in [1.165, 1.54) is 41.2 Å². The molecule has 8 heteroatoms. The van der Waals surface area contributed by atoms with Crippen molar-refractivity contribution in [2.45, 2.75) is 12.3 Å². The SMILES string of the molecule is COc1ccc2cc(C3CC(=O)Oc4ccc5c(=O)c(-c6ccccc6F)coc5c43)c(=O)n(C)c2c1. The molecule has 1 atom stereocenters. The van der Waals surface area contributed by atoms with Crippen molar-refractivity contribution in [1.82, 2.24) is 4.57 Å². The Kier molecular flexibility index (Phi) is 5.19. The van der Waals surface area contributed by atoms with Crippen LogP contribution < -0.4 is 20.5 Å². The molecule has 0 bridgehead atoms. The molecule has 6 rings (SSSR count). The third-order valence-electron chi connectivity index (χ3n) is 6.88. The van der Waals surface area contributed by atoms with E-state index in [2.05, 4.69) is 0 Å². The maximum absolute atomic E-state index is 14.4. The van der Waals surface area contributed by atoms with Crippen molar-refractivity contribution in [3.63, 3.8) is 0 Å². The number of rotatable bonds is 3. The van der Waals surface area contributed by atoms with E-state index in [4.69, 9.17) is 13.9 Å². The van der Waals surface area contributed by atoms with Crippen LogP contribution in [0.2, 0.25) is 0 Å². The Morgan fingerprint density at radius 1 is 1.00 bits per heavy atom. The van der Waals surface area contributed by atoms with Crippen molar-refractivity contribution in [2.75, 3.05) is 7.11 Å². The van der Waals surface area contributed by atoms with Gasteiger partial charge in [-0.25, -0.2) is 4.39 Å². The summed E-state index contributed by atoms with van der Waals surface area (Å²) in [4.78, 5) is 39.5. The van der Waals surface area contributed by atoms with Gasteiger partial charge in [0.1, 0.15) is 29.2 Å². The Labute approximate surface area is 209 Å². The number of carbonyl (C=O) groups is 1. The maximum Gasteiger partial charge on any atom is 0.312 e. The number of hydrogen-bond donors (Lipinski definition) is 0. The van der Waals surface area contributed by atoms with E-state index < -0.39 is 23.1 Å². The first-order valence-corrected chi connectivity index (χ1v) is 11.6. The van der Waals surface area contributed by atoms with Crippen LogP contribution in [0.3, 0.4) is 0 Å². The minimum atomic E-state index is -0.715. The molecule has 7 nitrogen and oxygen atoms in total. The van der Waals surface area contributed by atoms with Gasteiger partial charge >= 0.3 is 5.97 Å². The van der Waals surface area contributed by atoms with Gasteiger partial charge < -0.3 is 18.5 Å². The molecule has 3 aromatic carbocycles. The third kappa shape index (κ3) is 3.52. The predicted octanol–water partition coefficient (Wildman–Crippen LogP) is 4.90. The highest BCUT2D eigenvalue weighted by Gasteiger charge is 2.34. The molecule has 5 aromatic rings. The Hall–Kier alpha value is -4.72. The lowest BCUT2D eigenvalue weighted by atomic mass is 9.85. The van der Waals surface area contributed by atoms with Crippen LogP contribution in [0.15, 0.2) is 80.9 Å². The molecule has 184 valence electrons. The molecule has 0 fully saturated rings. The van der Waals surface area contributed by atoms with Crippen molar-refractivity contribution in [3.05, 3.63) is 104 Å². The van der Waals surface area contributed by atoms with Crippen LogP contribution >= 0.6 is 0 Å². The summed E-state index contributed by atoms with van der Waals surface area (Å²) >= 11 is 0. The number of aryl methyl sites for hydroxylation is 1. The number of pyridine rings is 1. The fourth-order valence-corrected chi connectivity index (χ4v) is 5.03. The van der Waals surface area contributed by atoms with Crippen LogP contribution in [0.4, 0.5) is 4.39 Å². The topological polar surface area (TPSA) is 87.7 Å². The quantitative estimate of drug-likeness (QED) is 0.260. The second kappa shape index (κ2) is 8.44. The van der Waals surface area contributed by atoms with Crippen LogP contribution in [0.1, 0.15) is 23.5 Å². The number of esters is 1. The lowest BCUT2D eigenvalue weighted by molar-refractivity contribution is -0.135. The monoisotopic (exact) mass is 497 g/mol. The minimum Gasteiger partial charge on any atom is -0.497 e. The highest BCUT2D eigenvalue weighted by Crippen LogP contribution is 2.42. The van der Waals surface area contributed by atoms with Gasteiger partial charge in [0.15, 0.2) is 0 Å². The standard InChI is InChI=1S/C29H20FNO6/c1-31-23-12-16(35-2)8-7-15(23)11-20(29(31)34)19-13-25(32)37-24-10-9-18-27(33)21(14-36-28(18)26(19)24)17-5-3-4-6-22(17)30/h3-12,14,19H,13H2,1-2H3. The summed E-state index contributed by atoms with van der Waals surface area (Å²) in [5.41, 5.74) is 1.13. The number of methoxy groups -OCH3 is 1. The number of nitrogens with zero attached hydrogens (tertiary/aromatic N) is 1. The zero-order valence-corrected chi connectivity index (χ0v) is 19.9. The van der Waals surface area contributed by atoms with Crippen LogP contribution in [0.5, 0.6) is 11.5 Å². The first-order chi connectivity index (χ1) is 17.9. The second-order valence-corrected chi connectivity index (χ2v) is 8.93. The smallest absolute Gasteiger partial charge is 0.312 e. The van der Waals surface area contributed by atoms with E-state index in [-0.39, 0.29) is 39.8 Å². The number of carbonyl (C=O) groups excluding carboxylic acids is 1. The average molecular weight is 497 g/mol. The summed E-state index contributed by atoms with van der Waals surface area (Å²) in [7, 11) is 3.20. The molecule has 0 saturated heterocycles. The van der Waals surface area contributed by atoms with E-state index in [0.29, 0.717) is 22.4 Å². The number of ether oxygens (including phenoxy) is 2. The first-order valence-electron chi connectivity index (χ1n) is 11.6. The fourth-order valence-electron chi connectivity index (χ4n) is 5.03. The summed E-state index contributed by atoms with van der Waals surface area (Å²) in [5, 5.41) is 0.978. The average Bonchev–Trinajstić information content (AvgIpc) is 2.90. The number of aromatic nitrogens is 1. The Morgan fingerprint density at radius 2 is 1.81 bits per heavy atom. The van der Waals surface area contributed by atoms with Crippen LogP contribution in [-0.2, 0) is 11.8 Å². The molecule has 2 aromatic heterocycles. The summed E-state index contributed by atoms with van der Waals surface area (Å²) < 4.78 is 32.6. The molecule has 1 aliphatic heterocycles. The van der Waals surface area contributed by atoms with Crippen molar-refractivity contribution in [3.8, 4) is 22.6 Å². The van der Waals surface area contributed by atoms with Crippen LogP contribution in [0.25, 0.3) is 33.0 Å². The van der Waals surface area contributed by atoms with Gasteiger partial charge in [0.25, 0.3) is 5.56 Å². The van der Waals surface area contributed by atoms with Crippen LogP contribution in [0, 0.1) is 5.82 Å². The largest absolute Gasteiger partial charge is 0.497 e. The molecule has 0 radical (unpaired) electrons. The van der Waals surface area contributed by atoms with Gasteiger partial charge in [0.05, 0.1) is 30.0 Å². The highest BCUT2D eigenvalue weighted by atomic mass is 19.1. The van der Waals surface area contributed by atoms with Crippen molar-refractivity contribution < 1.29 is 23.1 Å². The van der Waals surface area contributed by atoms with E-state index >= 15 is 0 Å². The summed E-state index contributed by atoms with van der Waals surface area (Å²) in [5.74, 6) is -0.936. The van der Waals surface area contributed by atoms with E-state index in [0.717, 1.165) is 5.39 Å². The normalized spacial score (nSPS) is 15.0. The van der Waals surface area contributed by atoms with Crippen LogP contribution in [-0.4, -0.2) is 17.6 Å². The molecule has 0 aliphatic carbocycles. The molecular formula is C29H20FNO6. The van der Waals surface area contributed by atoms with Gasteiger partial charge in [-0.1, -0.05) is 18.2 Å². The Morgan fingerprint density at radius 3 is 2.59 bits per heavy atom. The van der Waals surface area contributed by atoms with E-state index in [1.807, 2.05) is 6.07 Å². The summed E-state index contributed by atoms with van der Waals surface area (Å²) in [6, 6.07) is 16.1. The second-order valence-electron chi connectivity index (χ2n) is 8.93. The molecule has 0 N–H and O–H groups in total. The van der Waals surface area contributed by atoms with Gasteiger partial charge in [-0.3, -0.25) is 14.4 Å². The summed E-state index contributed by atoms with van der Waals surface area (Å²) in [6.07, 6.45) is 1.10. The zero-order chi connectivity index (χ0) is 25.8. The fraction of sp³-hybridized carbons (Fsp3) is 0.138. The highest BCUT2D eigenvalue weighted by molar-refractivity contribution is 5.91. The zero-order valence-electron chi connectivity index (χ0n) is 19.9.